The van der Waals surface area contributed by atoms with Crippen LogP contribution in [0.1, 0.15) is 12.5 Å². The van der Waals surface area contributed by atoms with Gasteiger partial charge in [-0.2, -0.15) is 0 Å². The third kappa shape index (κ3) is 11.3. The highest BCUT2D eigenvalue weighted by Gasteiger charge is 2.57. The average molecular weight is 960 g/mol. The molecule has 5 aliphatic heterocycles. The van der Waals surface area contributed by atoms with E-state index >= 15 is 0 Å². The number of aliphatic hydroxyl groups is 15. The van der Waals surface area contributed by atoms with Gasteiger partial charge in [-0.25, -0.2) is 0 Å². The van der Waals surface area contributed by atoms with Crippen molar-refractivity contribution in [1.82, 2.24) is 5.32 Å². The molecule has 5 heterocycles. The number of aliphatic hydroxyl groups excluding tert-OH is 15. The Hall–Kier alpha value is -2.47. The van der Waals surface area contributed by atoms with Gasteiger partial charge in [0.1, 0.15) is 128 Å². The molecule has 16 N–H and O–H groups in total. The largest absolute Gasteiger partial charge is 0.462 e. The number of carbonyl (C=O) groups is 1. The topological polar surface area (TPSA) is 425 Å². The lowest BCUT2D eigenvalue weighted by atomic mass is 9.94. The molecule has 0 radical (unpaired) electrons. The summed E-state index contributed by atoms with van der Waals surface area (Å²) in [7, 11) is 0. The fourth-order valence-electron chi connectivity index (χ4n) is 8.26. The molecule has 5 fully saturated rings. The minimum absolute atomic E-state index is 0.267. The van der Waals surface area contributed by atoms with E-state index in [1.54, 1.807) is 24.3 Å². The number of rotatable bonds is 16. The van der Waals surface area contributed by atoms with Crippen LogP contribution >= 0.6 is 0 Å². The minimum Gasteiger partial charge on any atom is -0.462 e. The van der Waals surface area contributed by atoms with Crippen LogP contribution in [0.4, 0.5) is 0 Å². The van der Waals surface area contributed by atoms with E-state index in [1.807, 2.05) is 6.92 Å². The van der Waals surface area contributed by atoms with Crippen molar-refractivity contribution in [3.63, 3.8) is 0 Å². The first-order valence-electron chi connectivity index (χ1n) is 21.1. The number of ether oxygens (including phenoxy) is 10. The van der Waals surface area contributed by atoms with Gasteiger partial charge < -0.3 is 129 Å². The number of nitrogens with one attached hydrogen (secondary N) is 1. The van der Waals surface area contributed by atoms with Crippen molar-refractivity contribution in [2.45, 2.75) is 167 Å². The molecule has 0 aliphatic carbocycles. The Morgan fingerprint density at radius 3 is 1.33 bits per heavy atom. The van der Waals surface area contributed by atoms with Crippen molar-refractivity contribution >= 4 is 5.91 Å². The Balaban J connectivity index is 1.17. The van der Waals surface area contributed by atoms with Gasteiger partial charge in [-0.15, -0.1) is 0 Å². The van der Waals surface area contributed by atoms with E-state index in [0.717, 1.165) is 12.5 Å². The SMILES string of the molecule is CC(=O)NC1C(O[C@@H]2OC(CO)[C@H](O)C(O)C2O)[C@@H](O)C(CO)O[C@H]1OC1C(O)[C@@H](O[C@H]2C(CO)O[C@@H](O[C@@H]3C(CO)O[C@@H](Oc4ccc(C)cc4)C(O)C3O)C(O)C2O)OC(CO)[C@@H]1O. The van der Waals surface area contributed by atoms with Gasteiger partial charge in [0.05, 0.1) is 33.0 Å². The second-order valence-corrected chi connectivity index (χ2v) is 16.6. The van der Waals surface area contributed by atoms with E-state index < -0.39 is 192 Å². The molecule has 5 aliphatic rings. The summed E-state index contributed by atoms with van der Waals surface area (Å²) in [5, 5.41) is 163. The van der Waals surface area contributed by atoms with Crippen molar-refractivity contribution in [3.05, 3.63) is 29.8 Å². The van der Waals surface area contributed by atoms with Gasteiger partial charge in [0.25, 0.3) is 0 Å². The molecule has 5 saturated heterocycles. The third-order valence-corrected chi connectivity index (χ3v) is 12.0. The lowest BCUT2D eigenvalue weighted by Crippen LogP contribution is -2.70. The highest BCUT2D eigenvalue weighted by Crippen LogP contribution is 2.36. The number of hydrogen-bond acceptors (Lipinski definition) is 26. The number of hydrogen-bond donors (Lipinski definition) is 16. The van der Waals surface area contributed by atoms with E-state index in [9.17, 15) is 81.4 Å². The fourth-order valence-corrected chi connectivity index (χ4v) is 8.26. The number of benzene rings is 1. The van der Waals surface area contributed by atoms with Crippen LogP contribution < -0.4 is 10.1 Å². The number of aryl methyl sites for hydroxylation is 1. The van der Waals surface area contributed by atoms with Gasteiger partial charge in [-0.1, -0.05) is 17.7 Å². The predicted molar refractivity (Wildman–Crippen MR) is 208 cm³/mol. The predicted octanol–water partition coefficient (Wildman–Crippen LogP) is -9.39. The van der Waals surface area contributed by atoms with Crippen LogP contribution in [-0.2, 0) is 47.4 Å². The van der Waals surface area contributed by atoms with Crippen LogP contribution in [0.2, 0.25) is 0 Å². The van der Waals surface area contributed by atoms with Crippen LogP contribution in [0, 0.1) is 6.92 Å². The summed E-state index contributed by atoms with van der Waals surface area (Å²) >= 11 is 0. The maximum atomic E-state index is 12.5. The van der Waals surface area contributed by atoms with Crippen LogP contribution in [0.3, 0.4) is 0 Å². The molecule has 27 nitrogen and oxygen atoms in total. The van der Waals surface area contributed by atoms with E-state index in [0.29, 0.717) is 0 Å². The van der Waals surface area contributed by atoms with Gasteiger partial charge >= 0.3 is 0 Å². The van der Waals surface area contributed by atoms with E-state index in [4.69, 9.17) is 47.4 Å². The molecule has 378 valence electrons. The molecular formula is C39H61NO26. The smallest absolute Gasteiger partial charge is 0.229 e. The lowest BCUT2D eigenvalue weighted by molar-refractivity contribution is -0.387. The molecule has 0 bridgehead atoms. The molecule has 1 amide bonds. The summed E-state index contributed by atoms with van der Waals surface area (Å²) in [6, 6.07) is 4.95. The summed E-state index contributed by atoms with van der Waals surface area (Å²) in [4.78, 5) is 12.5. The van der Waals surface area contributed by atoms with Crippen LogP contribution in [0.5, 0.6) is 5.75 Å². The van der Waals surface area contributed by atoms with Crippen molar-refractivity contribution in [2.75, 3.05) is 33.0 Å². The lowest BCUT2D eigenvalue weighted by Gasteiger charge is -2.50. The Labute approximate surface area is 375 Å². The van der Waals surface area contributed by atoms with E-state index in [2.05, 4.69) is 5.32 Å². The second-order valence-electron chi connectivity index (χ2n) is 16.6. The van der Waals surface area contributed by atoms with Crippen molar-refractivity contribution < 1.29 is 129 Å². The first kappa shape index (κ1) is 52.9. The van der Waals surface area contributed by atoms with Gasteiger partial charge in [0.2, 0.25) is 12.2 Å². The van der Waals surface area contributed by atoms with Crippen LogP contribution in [0.15, 0.2) is 24.3 Å². The minimum atomic E-state index is -2.15. The van der Waals surface area contributed by atoms with E-state index in [-0.39, 0.29) is 5.75 Å². The molecule has 1 aromatic rings. The van der Waals surface area contributed by atoms with Crippen LogP contribution in [0.25, 0.3) is 0 Å². The molecule has 15 unspecified atom stereocenters. The van der Waals surface area contributed by atoms with Gasteiger partial charge in [0.15, 0.2) is 25.2 Å². The molecule has 1 aromatic carbocycles. The van der Waals surface area contributed by atoms with Gasteiger partial charge in [-0.05, 0) is 19.1 Å². The highest BCUT2D eigenvalue weighted by atomic mass is 16.8. The van der Waals surface area contributed by atoms with Gasteiger partial charge in [-0.3, -0.25) is 4.79 Å². The van der Waals surface area contributed by atoms with E-state index in [1.165, 1.54) is 0 Å². The Morgan fingerprint density at radius 1 is 0.455 bits per heavy atom. The summed E-state index contributed by atoms with van der Waals surface area (Å²) in [6.07, 6.45) is -43.7. The molecule has 66 heavy (non-hydrogen) atoms. The summed E-state index contributed by atoms with van der Waals surface area (Å²) < 4.78 is 57.1. The number of carbonyl (C=O) groups excluding carboxylic acids is 1. The van der Waals surface area contributed by atoms with Gasteiger partial charge in [0, 0.05) is 6.92 Å². The molecule has 0 spiro atoms. The normalized spacial score (nSPS) is 46.7. The molecule has 0 aromatic heterocycles. The fraction of sp³-hybridized carbons (Fsp3) is 0.821. The molecule has 6 rings (SSSR count). The maximum Gasteiger partial charge on any atom is 0.229 e. The van der Waals surface area contributed by atoms with Crippen molar-refractivity contribution in [3.8, 4) is 5.75 Å². The molecule has 25 atom stereocenters. The highest BCUT2D eigenvalue weighted by molar-refractivity contribution is 5.73. The van der Waals surface area contributed by atoms with Crippen LogP contribution in [-0.4, -0.2) is 269 Å². The zero-order chi connectivity index (χ0) is 48.3. The van der Waals surface area contributed by atoms with Crippen molar-refractivity contribution in [2.24, 2.45) is 0 Å². The molecular weight excluding hydrogens is 898 g/mol. The monoisotopic (exact) mass is 959 g/mol. The van der Waals surface area contributed by atoms with Crippen molar-refractivity contribution in [1.29, 1.82) is 0 Å². The Kier molecular flexibility index (Phi) is 18.4. The molecule has 27 heteroatoms. The Bertz CT molecular complexity index is 1660. The Morgan fingerprint density at radius 2 is 0.833 bits per heavy atom. The summed E-state index contributed by atoms with van der Waals surface area (Å²) in [5.41, 5.74) is 0.911. The quantitative estimate of drug-likeness (QED) is 0.0731. The first-order valence-corrected chi connectivity index (χ1v) is 21.1. The zero-order valence-electron chi connectivity index (χ0n) is 35.5. The average Bonchev–Trinajstić information content (AvgIpc) is 3.30. The number of amides is 1. The summed E-state index contributed by atoms with van der Waals surface area (Å²) in [5.74, 6) is -0.535. The zero-order valence-corrected chi connectivity index (χ0v) is 35.5. The standard InChI is InChI=1S/C39H61NO26/c1-12-3-5-14(6-4-12)57-36-28(54)25(51)31(18(10-44)61-36)63-38-29(55)26(52)32(19(11-45)62-38)64-39-30(56)34(23(49)17(9-43)60-39)66-35-20(40-13(2)46)33(22(48)16(8-42)58-35)65-37-27(53)24(50)21(47)15(7-41)59-37/h3-6,15-39,41-45,47-56H,7-11H2,1-2H3,(H,40,46)/t15?,16?,17?,18?,19?,20?,21-,22-,23-,24?,25?,26?,27?,28?,29?,30?,31+,32-,33?,34?,35-,36+,37-,38-,39+/m0/s1. The molecule has 0 saturated carbocycles. The second kappa shape index (κ2) is 23.0. The maximum absolute atomic E-state index is 12.5. The first-order chi connectivity index (χ1) is 31.4. The summed E-state index contributed by atoms with van der Waals surface area (Å²) in [6.45, 7) is -1.67. The third-order valence-electron chi connectivity index (χ3n) is 12.0.